The van der Waals surface area contributed by atoms with E-state index in [1.54, 1.807) is 11.2 Å². The largest absolute Gasteiger partial charge is 0.366 e. The lowest BCUT2D eigenvalue weighted by Crippen LogP contribution is -2.51. The van der Waals surface area contributed by atoms with Gasteiger partial charge in [-0.15, -0.1) is 0 Å². The third-order valence-electron chi connectivity index (χ3n) is 5.93. The first kappa shape index (κ1) is 22.2. The van der Waals surface area contributed by atoms with Gasteiger partial charge < -0.3 is 15.0 Å². The van der Waals surface area contributed by atoms with E-state index in [1.807, 2.05) is 31.1 Å². The van der Waals surface area contributed by atoms with Gasteiger partial charge in [0.25, 0.3) is 0 Å². The van der Waals surface area contributed by atoms with Crippen molar-refractivity contribution in [2.24, 2.45) is 0 Å². The topological polar surface area (TPSA) is 78.9 Å². The van der Waals surface area contributed by atoms with Crippen LogP contribution in [0, 0.1) is 0 Å². The minimum Gasteiger partial charge on any atom is -0.366 e. The summed E-state index contributed by atoms with van der Waals surface area (Å²) in [4.78, 5) is 14.4. The van der Waals surface area contributed by atoms with Crippen LogP contribution in [0.1, 0.15) is 37.3 Å². The normalized spacial score (nSPS) is 21.9. The molecule has 162 valence electrons. The number of nitrogens with zero attached hydrogens (tertiary/aromatic N) is 2. The number of fused-ring (bicyclic) bond motifs is 2. The van der Waals surface area contributed by atoms with Gasteiger partial charge in [0.05, 0.1) is 23.9 Å². The first-order chi connectivity index (χ1) is 13.8. The van der Waals surface area contributed by atoms with Crippen LogP contribution in [0.15, 0.2) is 24.3 Å². The Morgan fingerprint density at radius 2 is 1.97 bits per heavy atom. The molecular weight excluding hydrogens is 390 g/mol. The van der Waals surface area contributed by atoms with E-state index in [0.29, 0.717) is 45.3 Å². The van der Waals surface area contributed by atoms with E-state index < -0.39 is 15.6 Å². The van der Waals surface area contributed by atoms with Gasteiger partial charge in [0.15, 0.2) is 0 Å². The summed E-state index contributed by atoms with van der Waals surface area (Å²) in [6, 6.07) is 8.22. The molecule has 1 spiro atoms. The Hall–Kier alpha value is -1.48. The summed E-state index contributed by atoms with van der Waals surface area (Å²) >= 11 is 0. The molecule has 1 aromatic rings. The Balaban J connectivity index is 1.72. The molecule has 29 heavy (non-hydrogen) atoms. The molecule has 1 N–H and O–H groups in total. The number of likely N-dealkylation sites (N-methyl/N-ethyl adjacent to an activating group) is 1. The quantitative estimate of drug-likeness (QED) is 0.716. The van der Waals surface area contributed by atoms with Gasteiger partial charge in [-0.2, -0.15) is 0 Å². The number of carbonyl (C=O) groups is 1. The molecule has 1 amide bonds. The Labute approximate surface area is 174 Å². The molecule has 0 aliphatic carbocycles. The summed E-state index contributed by atoms with van der Waals surface area (Å²) in [6.07, 6.45) is 2.05. The van der Waals surface area contributed by atoms with Crippen LogP contribution in [0.2, 0.25) is 0 Å². The predicted molar refractivity (Wildman–Crippen MR) is 113 cm³/mol. The predicted octanol–water partition coefficient (Wildman–Crippen LogP) is 1.34. The summed E-state index contributed by atoms with van der Waals surface area (Å²) in [5, 5.41) is 2.96. The number of benzene rings is 1. The van der Waals surface area contributed by atoms with Gasteiger partial charge in [-0.25, -0.2) is 12.7 Å². The van der Waals surface area contributed by atoms with Crippen molar-refractivity contribution < 1.29 is 17.9 Å². The lowest BCUT2D eigenvalue weighted by molar-refractivity contribution is -0.146. The SMILES string of the molecule is CCS(=O)(=O)N1CCC2(CC1)OC(CC(=O)NCCN(C)C)Cc1ccccc12. The van der Waals surface area contributed by atoms with E-state index in [-0.39, 0.29) is 17.8 Å². The molecular formula is C21H33N3O4S. The molecule has 0 saturated carbocycles. The molecule has 1 unspecified atom stereocenters. The zero-order valence-electron chi connectivity index (χ0n) is 17.7. The highest BCUT2D eigenvalue weighted by atomic mass is 32.2. The van der Waals surface area contributed by atoms with Crippen LogP contribution in [0.4, 0.5) is 0 Å². The minimum absolute atomic E-state index is 0.00243. The van der Waals surface area contributed by atoms with Crippen LogP contribution in [-0.4, -0.2) is 75.7 Å². The summed E-state index contributed by atoms with van der Waals surface area (Å²) in [5.41, 5.74) is 1.85. The number of hydrogen-bond donors (Lipinski definition) is 1. The average Bonchev–Trinajstić information content (AvgIpc) is 2.68. The van der Waals surface area contributed by atoms with Gasteiger partial charge in [-0.05, 0) is 51.4 Å². The van der Waals surface area contributed by atoms with Crippen LogP contribution >= 0.6 is 0 Å². The van der Waals surface area contributed by atoms with Crippen LogP contribution in [-0.2, 0) is 31.6 Å². The molecule has 1 atom stereocenters. The molecule has 0 radical (unpaired) electrons. The Morgan fingerprint density at radius 3 is 2.62 bits per heavy atom. The van der Waals surface area contributed by atoms with Gasteiger partial charge in [0.2, 0.25) is 15.9 Å². The third-order valence-corrected chi connectivity index (χ3v) is 7.81. The monoisotopic (exact) mass is 423 g/mol. The second kappa shape index (κ2) is 9.12. The van der Waals surface area contributed by atoms with Crippen molar-refractivity contribution in [3.8, 4) is 0 Å². The standard InChI is InChI=1S/C21H33N3O4S/c1-4-29(26,27)24-12-9-21(10-13-24)19-8-6-5-7-17(19)15-18(28-21)16-20(25)22-11-14-23(2)3/h5-8,18H,4,9-16H2,1-3H3,(H,22,25). The molecule has 2 aliphatic rings. The van der Waals surface area contributed by atoms with Crippen molar-refractivity contribution in [1.82, 2.24) is 14.5 Å². The fourth-order valence-corrected chi connectivity index (χ4v) is 5.42. The maximum Gasteiger partial charge on any atom is 0.222 e. The zero-order chi connectivity index (χ0) is 21.1. The molecule has 1 fully saturated rings. The summed E-state index contributed by atoms with van der Waals surface area (Å²) in [5.74, 6) is 0.116. The van der Waals surface area contributed by atoms with E-state index in [4.69, 9.17) is 4.74 Å². The van der Waals surface area contributed by atoms with Crippen molar-refractivity contribution in [3.05, 3.63) is 35.4 Å². The van der Waals surface area contributed by atoms with E-state index in [9.17, 15) is 13.2 Å². The van der Waals surface area contributed by atoms with Crippen LogP contribution in [0.5, 0.6) is 0 Å². The molecule has 8 heteroatoms. The van der Waals surface area contributed by atoms with Crippen molar-refractivity contribution in [3.63, 3.8) is 0 Å². The number of carbonyl (C=O) groups excluding carboxylic acids is 1. The lowest BCUT2D eigenvalue weighted by Gasteiger charge is -2.47. The molecule has 3 rings (SSSR count). The van der Waals surface area contributed by atoms with Gasteiger partial charge >= 0.3 is 0 Å². The summed E-state index contributed by atoms with van der Waals surface area (Å²) in [6.45, 7) is 3.99. The molecule has 0 aromatic heterocycles. The van der Waals surface area contributed by atoms with Gasteiger partial charge in [-0.1, -0.05) is 24.3 Å². The summed E-state index contributed by atoms with van der Waals surface area (Å²) < 4.78 is 32.6. The minimum atomic E-state index is -3.19. The average molecular weight is 424 g/mol. The molecule has 0 bridgehead atoms. The van der Waals surface area contributed by atoms with E-state index in [2.05, 4.69) is 17.4 Å². The number of piperidine rings is 1. The van der Waals surface area contributed by atoms with Crippen molar-refractivity contribution in [1.29, 1.82) is 0 Å². The van der Waals surface area contributed by atoms with Crippen molar-refractivity contribution in [2.45, 2.75) is 44.3 Å². The van der Waals surface area contributed by atoms with Crippen molar-refractivity contribution >= 4 is 15.9 Å². The zero-order valence-corrected chi connectivity index (χ0v) is 18.5. The van der Waals surface area contributed by atoms with Crippen LogP contribution in [0.3, 0.4) is 0 Å². The molecule has 1 saturated heterocycles. The van der Waals surface area contributed by atoms with E-state index in [0.717, 1.165) is 12.1 Å². The van der Waals surface area contributed by atoms with Gasteiger partial charge in [-0.3, -0.25) is 4.79 Å². The first-order valence-corrected chi connectivity index (χ1v) is 12.0. The highest BCUT2D eigenvalue weighted by Gasteiger charge is 2.45. The number of nitrogens with one attached hydrogen (secondary N) is 1. The second-order valence-corrected chi connectivity index (χ2v) is 10.5. The maximum absolute atomic E-state index is 12.4. The maximum atomic E-state index is 12.4. The number of ether oxygens (including phenoxy) is 1. The Kier molecular flexibility index (Phi) is 6.98. The smallest absolute Gasteiger partial charge is 0.222 e. The van der Waals surface area contributed by atoms with Crippen LogP contribution in [0.25, 0.3) is 0 Å². The lowest BCUT2D eigenvalue weighted by atomic mass is 9.78. The first-order valence-electron chi connectivity index (χ1n) is 10.4. The highest BCUT2D eigenvalue weighted by Crippen LogP contribution is 2.44. The number of rotatable bonds is 7. The van der Waals surface area contributed by atoms with Gasteiger partial charge in [0, 0.05) is 26.2 Å². The number of sulfonamides is 1. The highest BCUT2D eigenvalue weighted by molar-refractivity contribution is 7.89. The molecule has 7 nitrogen and oxygen atoms in total. The number of hydrogen-bond acceptors (Lipinski definition) is 5. The molecule has 1 aromatic carbocycles. The van der Waals surface area contributed by atoms with E-state index in [1.165, 1.54) is 5.56 Å². The fourth-order valence-electron chi connectivity index (χ4n) is 4.32. The second-order valence-electron chi connectivity index (χ2n) is 8.25. The fraction of sp³-hybridized carbons (Fsp3) is 0.667. The molecule has 2 heterocycles. The van der Waals surface area contributed by atoms with Gasteiger partial charge in [0.1, 0.15) is 0 Å². The third kappa shape index (κ3) is 5.17. The van der Waals surface area contributed by atoms with Crippen LogP contribution < -0.4 is 5.32 Å². The Bertz CT molecular complexity index is 817. The van der Waals surface area contributed by atoms with Crippen molar-refractivity contribution in [2.75, 3.05) is 46.0 Å². The summed E-state index contributed by atoms with van der Waals surface area (Å²) in [7, 11) is 0.755. The Morgan fingerprint density at radius 1 is 1.28 bits per heavy atom. The number of amides is 1. The molecule has 2 aliphatic heterocycles. The van der Waals surface area contributed by atoms with E-state index >= 15 is 0 Å².